The van der Waals surface area contributed by atoms with Gasteiger partial charge in [0.05, 0.1) is 15.8 Å². The van der Waals surface area contributed by atoms with Gasteiger partial charge in [0.1, 0.15) is 23.0 Å². The van der Waals surface area contributed by atoms with E-state index in [1.807, 2.05) is 6.07 Å². The number of nitriles is 1. The number of thiophene rings is 1. The van der Waals surface area contributed by atoms with E-state index < -0.39 is 10.0 Å². The molecule has 1 fully saturated rings. The molecule has 0 aliphatic carbocycles. The van der Waals surface area contributed by atoms with Crippen molar-refractivity contribution in [1.29, 1.82) is 5.26 Å². The van der Waals surface area contributed by atoms with Gasteiger partial charge in [-0.3, -0.25) is 0 Å². The summed E-state index contributed by atoms with van der Waals surface area (Å²) in [5.74, 6) is 0.857. The minimum atomic E-state index is -3.70. The number of nitrogens with zero attached hydrogens (tertiary/aromatic N) is 5. The lowest BCUT2D eigenvalue weighted by atomic mass is 10.2. The Kier molecular flexibility index (Phi) is 5.02. The molecule has 1 aliphatic heterocycles. The molecule has 9 heteroatoms. The minimum Gasteiger partial charge on any atom is -0.353 e. The van der Waals surface area contributed by atoms with Crippen molar-refractivity contribution in [3.8, 4) is 6.07 Å². The SMILES string of the molecule is CCc1cc2c(N3CCN(S(=O)(=O)c4ccccc4C#N)CC3)ncnc2s1. The fourth-order valence-corrected chi connectivity index (χ4v) is 5.88. The monoisotopic (exact) mass is 413 g/mol. The first-order valence-corrected chi connectivity index (χ1v) is 11.3. The molecule has 144 valence electrons. The van der Waals surface area contributed by atoms with E-state index in [0.29, 0.717) is 26.2 Å². The van der Waals surface area contributed by atoms with E-state index >= 15 is 0 Å². The first-order valence-electron chi connectivity index (χ1n) is 9.02. The Morgan fingerprint density at radius 2 is 1.93 bits per heavy atom. The van der Waals surface area contributed by atoms with Gasteiger partial charge in [-0.1, -0.05) is 19.1 Å². The van der Waals surface area contributed by atoms with Crippen LogP contribution in [-0.2, 0) is 16.4 Å². The van der Waals surface area contributed by atoms with Crippen LogP contribution in [0.25, 0.3) is 10.2 Å². The quantitative estimate of drug-likeness (QED) is 0.653. The zero-order valence-corrected chi connectivity index (χ0v) is 17.0. The average molecular weight is 414 g/mol. The predicted octanol–water partition coefficient (Wildman–Crippen LogP) is 2.64. The summed E-state index contributed by atoms with van der Waals surface area (Å²) >= 11 is 1.67. The summed E-state index contributed by atoms with van der Waals surface area (Å²) in [7, 11) is -3.70. The van der Waals surface area contributed by atoms with Gasteiger partial charge < -0.3 is 4.90 Å². The van der Waals surface area contributed by atoms with Crippen molar-refractivity contribution in [2.24, 2.45) is 0 Å². The van der Waals surface area contributed by atoms with E-state index in [1.165, 1.54) is 21.3 Å². The molecule has 2 aromatic heterocycles. The highest BCUT2D eigenvalue weighted by Gasteiger charge is 2.31. The Hall–Kier alpha value is -2.54. The second-order valence-electron chi connectivity index (χ2n) is 6.48. The number of hydrogen-bond donors (Lipinski definition) is 0. The molecule has 0 amide bonds. The van der Waals surface area contributed by atoms with Crippen LogP contribution in [0.1, 0.15) is 17.4 Å². The molecule has 0 saturated carbocycles. The van der Waals surface area contributed by atoms with Crippen LogP contribution in [-0.4, -0.2) is 48.9 Å². The highest BCUT2D eigenvalue weighted by molar-refractivity contribution is 7.89. The third kappa shape index (κ3) is 3.24. The predicted molar refractivity (Wildman–Crippen MR) is 109 cm³/mol. The van der Waals surface area contributed by atoms with Crippen molar-refractivity contribution < 1.29 is 8.42 Å². The summed E-state index contributed by atoms with van der Waals surface area (Å²) in [4.78, 5) is 13.2. The van der Waals surface area contributed by atoms with E-state index in [0.717, 1.165) is 22.5 Å². The van der Waals surface area contributed by atoms with Crippen LogP contribution in [0, 0.1) is 11.3 Å². The third-order valence-electron chi connectivity index (χ3n) is 4.87. The number of fused-ring (bicyclic) bond motifs is 1. The molecule has 1 saturated heterocycles. The lowest BCUT2D eigenvalue weighted by Crippen LogP contribution is -2.49. The fourth-order valence-electron chi connectivity index (χ4n) is 3.38. The van der Waals surface area contributed by atoms with E-state index in [9.17, 15) is 13.7 Å². The largest absolute Gasteiger partial charge is 0.353 e. The highest BCUT2D eigenvalue weighted by Crippen LogP contribution is 2.31. The smallest absolute Gasteiger partial charge is 0.244 e. The lowest BCUT2D eigenvalue weighted by molar-refractivity contribution is 0.384. The van der Waals surface area contributed by atoms with Gasteiger partial charge in [-0.15, -0.1) is 11.3 Å². The number of aryl methyl sites for hydroxylation is 1. The number of piperazine rings is 1. The maximum Gasteiger partial charge on any atom is 0.244 e. The molecule has 7 nitrogen and oxygen atoms in total. The summed E-state index contributed by atoms with van der Waals surface area (Å²) in [6, 6.07) is 10.4. The second-order valence-corrected chi connectivity index (χ2v) is 9.50. The molecule has 4 rings (SSSR count). The lowest BCUT2D eigenvalue weighted by Gasteiger charge is -2.35. The Bertz CT molecular complexity index is 1160. The molecule has 0 spiro atoms. The van der Waals surface area contributed by atoms with Crippen LogP contribution >= 0.6 is 11.3 Å². The van der Waals surface area contributed by atoms with Crippen LogP contribution in [0.5, 0.6) is 0 Å². The standard InChI is InChI=1S/C19H19N5O2S2/c1-2-15-11-16-18(21-13-22-19(16)27-15)23-7-9-24(10-8-23)28(25,26)17-6-4-3-5-14(17)12-20/h3-6,11,13H,2,7-10H2,1H3. The molecule has 28 heavy (non-hydrogen) atoms. The van der Waals surface area contributed by atoms with Crippen molar-refractivity contribution >= 4 is 37.4 Å². The number of anilines is 1. The molecular weight excluding hydrogens is 394 g/mol. The molecule has 3 heterocycles. The van der Waals surface area contributed by atoms with E-state index in [4.69, 9.17) is 0 Å². The summed E-state index contributed by atoms with van der Waals surface area (Å²) in [5.41, 5.74) is 0.174. The second kappa shape index (κ2) is 7.47. The number of benzene rings is 1. The first-order chi connectivity index (χ1) is 13.5. The van der Waals surface area contributed by atoms with Crippen LogP contribution in [0.2, 0.25) is 0 Å². The minimum absolute atomic E-state index is 0.0702. The maximum absolute atomic E-state index is 13.0. The van der Waals surface area contributed by atoms with Gasteiger partial charge in [-0.25, -0.2) is 18.4 Å². The van der Waals surface area contributed by atoms with Crippen LogP contribution in [0.3, 0.4) is 0 Å². The van der Waals surface area contributed by atoms with E-state index in [1.54, 1.807) is 29.8 Å². The molecular formula is C19H19N5O2S2. The van der Waals surface area contributed by atoms with Gasteiger partial charge in [-0.05, 0) is 24.6 Å². The van der Waals surface area contributed by atoms with Crippen LogP contribution in [0.4, 0.5) is 5.82 Å². The summed E-state index contributed by atoms with van der Waals surface area (Å²) in [6.07, 6.45) is 2.52. The number of rotatable bonds is 4. The molecule has 0 radical (unpaired) electrons. The molecule has 0 atom stereocenters. The molecule has 0 bridgehead atoms. The Morgan fingerprint density at radius 3 is 2.64 bits per heavy atom. The van der Waals surface area contributed by atoms with Gasteiger partial charge >= 0.3 is 0 Å². The van der Waals surface area contributed by atoms with E-state index in [-0.39, 0.29) is 10.5 Å². The normalized spacial score (nSPS) is 15.6. The Balaban J connectivity index is 1.57. The zero-order valence-electron chi connectivity index (χ0n) is 15.4. The van der Waals surface area contributed by atoms with E-state index in [2.05, 4.69) is 27.9 Å². The fraction of sp³-hybridized carbons (Fsp3) is 0.316. The summed E-state index contributed by atoms with van der Waals surface area (Å²) in [5, 5.41) is 10.3. The summed E-state index contributed by atoms with van der Waals surface area (Å²) in [6.45, 7) is 3.88. The van der Waals surface area contributed by atoms with Crippen molar-refractivity contribution in [3.63, 3.8) is 0 Å². The number of hydrogen-bond acceptors (Lipinski definition) is 7. The van der Waals surface area contributed by atoms with Crippen molar-refractivity contribution in [3.05, 3.63) is 47.1 Å². The highest BCUT2D eigenvalue weighted by atomic mass is 32.2. The van der Waals surface area contributed by atoms with Crippen molar-refractivity contribution in [1.82, 2.24) is 14.3 Å². The third-order valence-corrected chi connectivity index (χ3v) is 8.02. The van der Waals surface area contributed by atoms with Crippen LogP contribution < -0.4 is 4.90 Å². The Morgan fingerprint density at radius 1 is 1.18 bits per heavy atom. The number of sulfonamides is 1. The van der Waals surface area contributed by atoms with Crippen molar-refractivity contribution in [2.45, 2.75) is 18.2 Å². The molecule has 0 unspecified atom stereocenters. The topological polar surface area (TPSA) is 90.2 Å². The van der Waals surface area contributed by atoms with Gasteiger partial charge in [0.15, 0.2) is 0 Å². The first kappa shape index (κ1) is 18.8. The van der Waals surface area contributed by atoms with Crippen LogP contribution in [0.15, 0.2) is 41.6 Å². The molecule has 1 aliphatic rings. The summed E-state index contributed by atoms with van der Waals surface area (Å²) < 4.78 is 27.4. The van der Waals surface area contributed by atoms with Crippen molar-refractivity contribution in [2.75, 3.05) is 31.1 Å². The number of aromatic nitrogens is 2. The van der Waals surface area contributed by atoms with Gasteiger partial charge in [0.2, 0.25) is 10.0 Å². The van der Waals surface area contributed by atoms with Gasteiger partial charge in [-0.2, -0.15) is 9.57 Å². The van der Waals surface area contributed by atoms with Gasteiger partial charge in [0.25, 0.3) is 0 Å². The van der Waals surface area contributed by atoms with Gasteiger partial charge in [0, 0.05) is 31.1 Å². The maximum atomic E-state index is 13.0. The molecule has 0 N–H and O–H groups in total. The average Bonchev–Trinajstić information content (AvgIpc) is 3.17. The molecule has 3 aromatic rings. The Labute approximate surface area is 167 Å². The molecule has 1 aromatic carbocycles. The zero-order chi connectivity index (χ0) is 19.7.